The Hall–Kier alpha value is -1.08. The first-order valence-corrected chi connectivity index (χ1v) is 8.44. The average Bonchev–Trinajstić information content (AvgIpc) is 2.76. The summed E-state index contributed by atoms with van der Waals surface area (Å²) in [6.07, 6.45) is 0. The molecule has 0 aliphatic rings. The molecule has 1 aromatic heterocycles. The molecular formula is C14H11BrCl2N2O2S. The van der Waals surface area contributed by atoms with Gasteiger partial charge in [-0.1, -0.05) is 51.3 Å². The zero-order chi connectivity index (χ0) is 16.4. The minimum Gasteiger partial charge on any atom is -0.368 e. The number of rotatable bonds is 4. The molecule has 116 valence electrons. The van der Waals surface area contributed by atoms with E-state index in [4.69, 9.17) is 28.9 Å². The van der Waals surface area contributed by atoms with Gasteiger partial charge in [0.05, 0.1) is 9.90 Å². The Kier molecular flexibility index (Phi) is 5.50. The van der Waals surface area contributed by atoms with Crippen molar-refractivity contribution in [3.63, 3.8) is 0 Å². The van der Waals surface area contributed by atoms with Crippen molar-refractivity contribution in [2.24, 2.45) is 5.73 Å². The zero-order valence-corrected chi connectivity index (χ0v) is 15.3. The monoisotopic (exact) mass is 420 g/mol. The lowest BCUT2D eigenvalue weighted by Gasteiger charge is -2.26. The van der Waals surface area contributed by atoms with E-state index in [2.05, 4.69) is 15.9 Å². The summed E-state index contributed by atoms with van der Waals surface area (Å²) in [5, 5.41) is 0. The van der Waals surface area contributed by atoms with Gasteiger partial charge in [-0.3, -0.25) is 9.59 Å². The Labute approximate surface area is 149 Å². The number of nitrogens with two attached hydrogens (primary N) is 1. The molecule has 22 heavy (non-hydrogen) atoms. The maximum atomic E-state index is 12.6. The molecule has 2 rings (SSSR count). The Bertz CT molecular complexity index is 735. The van der Waals surface area contributed by atoms with Gasteiger partial charge in [0.25, 0.3) is 5.91 Å². The number of amides is 2. The van der Waals surface area contributed by atoms with Crippen molar-refractivity contribution in [2.45, 2.75) is 6.04 Å². The maximum Gasteiger partial charge on any atom is 0.256 e. The lowest BCUT2D eigenvalue weighted by molar-refractivity contribution is -0.122. The fourth-order valence-corrected chi connectivity index (χ4v) is 3.91. The van der Waals surface area contributed by atoms with E-state index in [1.165, 1.54) is 18.0 Å². The highest BCUT2D eigenvalue weighted by Crippen LogP contribution is 2.33. The second kappa shape index (κ2) is 7.00. The molecule has 2 N–H and O–H groups in total. The molecule has 0 unspecified atom stereocenters. The molecule has 2 amide bonds. The number of halogens is 3. The van der Waals surface area contributed by atoms with Crippen molar-refractivity contribution >= 4 is 62.3 Å². The molecule has 1 atom stereocenters. The minimum atomic E-state index is -0.903. The van der Waals surface area contributed by atoms with Crippen molar-refractivity contribution in [1.82, 2.24) is 4.90 Å². The summed E-state index contributed by atoms with van der Waals surface area (Å²) >= 11 is 16.3. The van der Waals surface area contributed by atoms with Gasteiger partial charge < -0.3 is 10.6 Å². The molecule has 0 saturated carbocycles. The first-order valence-electron chi connectivity index (χ1n) is 6.08. The fourth-order valence-electron chi connectivity index (χ4n) is 2.05. The standard InChI is InChI=1S/C14H11BrCl2N2O2S/c1-19(14(21)9-6-10(16)22-12(9)17)11(13(18)20)7-3-2-4-8(15)5-7/h2-6,11H,1H3,(H2,18,20)/t11-/m1/s1. The highest BCUT2D eigenvalue weighted by molar-refractivity contribution is 9.10. The second-order valence-corrected chi connectivity index (χ2v) is 7.72. The van der Waals surface area contributed by atoms with Crippen LogP contribution in [0.3, 0.4) is 0 Å². The third kappa shape index (κ3) is 3.63. The van der Waals surface area contributed by atoms with E-state index in [1.54, 1.807) is 18.2 Å². The Morgan fingerprint density at radius 1 is 1.32 bits per heavy atom. The summed E-state index contributed by atoms with van der Waals surface area (Å²) in [6.45, 7) is 0. The highest BCUT2D eigenvalue weighted by atomic mass is 79.9. The Morgan fingerprint density at radius 3 is 2.50 bits per heavy atom. The molecule has 0 bridgehead atoms. The molecule has 0 aliphatic heterocycles. The molecule has 2 aromatic rings. The normalized spacial score (nSPS) is 12.0. The number of primary amides is 1. The number of likely N-dealkylation sites (N-methyl/N-ethyl adjacent to an activating group) is 1. The molecule has 0 radical (unpaired) electrons. The van der Waals surface area contributed by atoms with E-state index in [9.17, 15) is 9.59 Å². The van der Waals surface area contributed by atoms with Gasteiger partial charge in [0.15, 0.2) is 0 Å². The summed E-state index contributed by atoms with van der Waals surface area (Å²) in [5.41, 5.74) is 6.33. The Balaban J connectivity index is 2.38. The third-order valence-corrected chi connectivity index (χ3v) is 5.01. The van der Waals surface area contributed by atoms with E-state index < -0.39 is 17.9 Å². The first kappa shape index (κ1) is 17.3. The van der Waals surface area contributed by atoms with Gasteiger partial charge in [0.1, 0.15) is 10.4 Å². The summed E-state index contributed by atoms with van der Waals surface area (Å²) in [5.74, 6) is -1.05. The SMILES string of the molecule is CN(C(=O)c1cc(Cl)sc1Cl)[C@@H](C(N)=O)c1cccc(Br)c1. The lowest BCUT2D eigenvalue weighted by Crippen LogP contribution is -2.39. The molecule has 8 heteroatoms. The van der Waals surface area contributed by atoms with Crippen molar-refractivity contribution in [3.05, 3.63) is 54.6 Å². The van der Waals surface area contributed by atoms with Crippen molar-refractivity contribution in [3.8, 4) is 0 Å². The average molecular weight is 422 g/mol. The predicted molar refractivity (Wildman–Crippen MR) is 92.5 cm³/mol. The van der Waals surface area contributed by atoms with Crippen molar-refractivity contribution in [1.29, 1.82) is 0 Å². The smallest absolute Gasteiger partial charge is 0.256 e. The van der Waals surface area contributed by atoms with Crippen LogP contribution in [-0.4, -0.2) is 23.8 Å². The predicted octanol–water partition coefficient (Wildman–Crippen LogP) is 4.12. The number of thiophene rings is 1. The molecule has 0 saturated heterocycles. The molecule has 0 aliphatic carbocycles. The van der Waals surface area contributed by atoms with Crippen LogP contribution < -0.4 is 5.73 Å². The largest absolute Gasteiger partial charge is 0.368 e. The molecule has 4 nitrogen and oxygen atoms in total. The van der Waals surface area contributed by atoms with E-state index in [0.29, 0.717) is 9.90 Å². The number of hydrogen-bond acceptors (Lipinski definition) is 3. The van der Waals surface area contributed by atoms with Gasteiger partial charge in [-0.15, -0.1) is 11.3 Å². The fraction of sp³-hybridized carbons (Fsp3) is 0.143. The van der Waals surface area contributed by atoms with Crippen molar-refractivity contribution in [2.75, 3.05) is 7.05 Å². The van der Waals surface area contributed by atoms with Crippen LogP contribution in [0.5, 0.6) is 0 Å². The van der Waals surface area contributed by atoms with Gasteiger partial charge in [-0.05, 0) is 23.8 Å². The van der Waals surface area contributed by atoms with Gasteiger partial charge in [0, 0.05) is 11.5 Å². The van der Waals surface area contributed by atoms with Crippen LogP contribution in [0, 0.1) is 0 Å². The number of carbonyl (C=O) groups is 2. The van der Waals surface area contributed by atoms with E-state index in [-0.39, 0.29) is 9.90 Å². The van der Waals surface area contributed by atoms with Gasteiger partial charge >= 0.3 is 0 Å². The Morgan fingerprint density at radius 2 is 2.00 bits per heavy atom. The molecule has 0 spiro atoms. The summed E-state index contributed by atoms with van der Waals surface area (Å²) < 4.78 is 1.47. The number of benzene rings is 1. The number of nitrogens with zero attached hydrogens (tertiary/aromatic N) is 1. The van der Waals surface area contributed by atoms with Gasteiger partial charge in [-0.25, -0.2) is 0 Å². The summed E-state index contributed by atoms with van der Waals surface area (Å²) in [6, 6.07) is 7.63. The quantitative estimate of drug-likeness (QED) is 0.806. The van der Waals surface area contributed by atoms with Crippen LogP contribution in [-0.2, 0) is 4.79 Å². The second-order valence-electron chi connectivity index (χ2n) is 4.51. The topological polar surface area (TPSA) is 63.4 Å². The van der Waals surface area contributed by atoms with Crippen LogP contribution in [0.15, 0.2) is 34.8 Å². The van der Waals surface area contributed by atoms with Gasteiger partial charge in [-0.2, -0.15) is 0 Å². The molecule has 1 aromatic carbocycles. The third-order valence-electron chi connectivity index (χ3n) is 3.03. The van der Waals surface area contributed by atoms with E-state index >= 15 is 0 Å². The van der Waals surface area contributed by atoms with Crippen LogP contribution in [0.1, 0.15) is 22.0 Å². The molecule has 1 heterocycles. The first-order chi connectivity index (χ1) is 10.3. The van der Waals surface area contributed by atoms with Crippen LogP contribution in [0.4, 0.5) is 0 Å². The summed E-state index contributed by atoms with van der Waals surface area (Å²) in [7, 11) is 1.50. The summed E-state index contributed by atoms with van der Waals surface area (Å²) in [4.78, 5) is 25.6. The number of hydrogen-bond donors (Lipinski definition) is 1. The van der Waals surface area contributed by atoms with E-state index in [1.807, 2.05) is 6.07 Å². The zero-order valence-electron chi connectivity index (χ0n) is 11.3. The van der Waals surface area contributed by atoms with Crippen LogP contribution >= 0.6 is 50.5 Å². The number of carbonyl (C=O) groups excluding carboxylic acids is 2. The van der Waals surface area contributed by atoms with Gasteiger partial charge in [0.2, 0.25) is 5.91 Å². The van der Waals surface area contributed by atoms with Crippen LogP contribution in [0.2, 0.25) is 8.67 Å². The van der Waals surface area contributed by atoms with Crippen LogP contribution in [0.25, 0.3) is 0 Å². The lowest BCUT2D eigenvalue weighted by atomic mass is 10.0. The molecular weight excluding hydrogens is 411 g/mol. The minimum absolute atomic E-state index is 0.250. The van der Waals surface area contributed by atoms with E-state index in [0.717, 1.165) is 15.8 Å². The maximum absolute atomic E-state index is 12.6. The molecule has 0 fully saturated rings. The highest BCUT2D eigenvalue weighted by Gasteiger charge is 2.29. The van der Waals surface area contributed by atoms with Crippen molar-refractivity contribution < 1.29 is 9.59 Å².